The predicted octanol–water partition coefficient (Wildman–Crippen LogP) is 1.24. The van der Waals surface area contributed by atoms with Crippen molar-refractivity contribution in [3.05, 3.63) is 36.4 Å². The Kier molecular flexibility index (Phi) is 4.33. The molecule has 24 heavy (non-hydrogen) atoms. The summed E-state index contributed by atoms with van der Waals surface area (Å²) in [5.41, 5.74) is 0. The van der Waals surface area contributed by atoms with Gasteiger partial charge in [0.25, 0.3) is 0 Å². The van der Waals surface area contributed by atoms with Crippen LogP contribution in [0.1, 0.15) is 6.42 Å². The van der Waals surface area contributed by atoms with Crippen LogP contribution in [-0.4, -0.2) is 31.7 Å². The van der Waals surface area contributed by atoms with E-state index in [0.29, 0.717) is 0 Å². The molecule has 126 valence electrons. The fourth-order valence-electron chi connectivity index (χ4n) is 3.79. The number of benzene rings is 1. The van der Waals surface area contributed by atoms with Gasteiger partial charge in [0, 0.05) is 5.92 Å². The molecule has 4 atom stereocenters. The second kappa shape index (κ2) is 6.29. The normalized spacial score (nSPS) is 27.8. The fraction of sp³-hybridized carbons (Fsp3) is 0.412. The maximum Gasteiger partial charge on any atom is 0.224 e. The average molecular weight is 346 g/mol. The van der Waals surface area contributed by atoms with E-state index in [4.69, 9.17) is 5.26 Å². The number of nitriles is 1. The molecule has 0 radical (unpaired) electrons. The van der Waals surface area contributed by atoms with Gasteiger partial charge in [-0.1, -0.05) is 12.2 Å². The van der Waals surface area contributed by atoms with Gasteiger partial charge in [0.05, 0.1) is 16.7 Å². The summed E-state index contributed by atoms with van der Waals surface area (Å²) in [6.45, 7) is -0.0755. The van der Waals surface area contributed by atoms with Gasteiger partial charge in [-0.05, 0) is 48.4 Å². The Hall–Kier alpha value is -2.33. The number of rotatable bonds is 5. The summed E-state index contributed by atoms with van der Waals surface area (Å²) in [5.74, 6) is -0.968. The molecule has 0 aliphatic heterocycles. The molecule has 1 fully saturated rings. The number of sulfone groups is 1. The SMILES string of the molecule is N#CCNC(=O)[C@H]1C2C=C[C@@H](C2)C1CS(=O)(=O)c1ccc(O)cc1. The molecule has 7 heteroatoms. The molecule has 2 N–H and O–H groups in total. The molecule has 0 aromatic heterocycles. The third-order valence-electron chi connectivity index (χ3n) is 4.87. The second-order valence-corrected chi connectivity index (χ2v) is 8.32. The molecule has 2 unspecified atom stereocenters. The van der Waals surface area contributed by atoms with Crippen molar-refractivity contribution in [3.63, 3.8) is 0 Å². The van der Waals surface area contributed by atoms with Gasteiger partial charge in [0.15, 0.2) is 9.84 Å². The van der Waals surface area contributed by atoms with Crippen LogP contribution in [0.3, 0.4) is 0 Å². The van der Waals surface area contributed by atoms with E-state index in [-0.39, 0.29) is 46.6 Å². The number of carbonyl (C=O) groups is 1. The molecular weight excluding hydrogens is 328 g/mol. The maximum atomic E-state index is 12.7. The van der Waals surface area contributed by atoms with E-state index < -0.39 is 15.8 Å². The summed E-state index contributed by atoms with van der Waals surface area (Å²) in [5, 5.41) is 20.5. The molecule has 1 saturated carbocycles. The van der Waals surface area contributed by atoms with E-state index in [1.807, 2.05) is 18.2 Å². The Balaban J connectivity index is 1.82. The Morgan fingerprint density at radius 1 is 1.25 bits per heavy atom. The molecule has 6 nitrogen and oxygen atoms in total. The summed E-state index contributed by atoms with van der Waals surface area (Å²) in [4.78, 5) is 12.5. The minimum Gasteiger partial charge on any atom is -0.508 e. The summed E-state index contributed by atoms with van der Waals surface area (Å²) in [7, 11) is -3.56. The Labute approximate surface area is 140 Å². The fourth-order valence-corrected chi connectivity index (χ4v) is 5.49. The Bertz CT molecular complexity index is 808. The second-order valence-electron chi connectivity index (χ2n) is 6.29. The highest BCUT2D eigenvalue weighted by Gasteiger charge is 2.49. The van der Waals surface area contributed by atoms with Crippen molar-refractivity contribution in [2.75, 3.05) is 12.3 Å². The molecule has 0 spiro atoms. The molecule has 0 saturated heterocycles. The number of nitrogens with one attached hydrogen (secondary N) is 1. The molecule has 2 bridgehead atoms. The van der Waals surface area contributed by atoms with Crippen molar-refractivity contribution in [1.29, 1.82) is 5.26 Å². The van der Waals surface area contributed by atoms with Crippen LogP contribution in [0.25, 0.3) is 0 Å². The first kappa shape index (κ1) is 16.5. The largest absolute Gasteiger partial charge is 0.508 e. The molecular formula is C17H18N2O4S. The highest BCUT2D eigenvalue weighted by Crippen LogP contribution is 2.49. The number of hydrogen-bond acceptors (Lipinski definition) is 5. The summed E-state index contributed by atoms with van der Waals surface area (Å²) >= 11 is 0. The van der Waals surface area contributed by atoms with Crippen molar-refractivity contribution in [1.82, 2.24) is 5.32 Å². The van der Waals surface area contributed by atoms with Gasteiger partial charge in [0.1, 0.15) is 12.3 Å². The number of allylic oxidation sites excluding steroid dienone is 2. The topological polar surface area (TPSA) is 107 Å². The van der Waals surface area contributed by atoms with Crippen molar-refractivity contribution < 1.29 is 18.3 Å². The van der Waals surface area contributed by atoms with Crippen LogP contribution in [0.2, 0.25) is 0 Å². The lowest BCUT2D eigenvalue weighted by Crippen LogP contribution is -2.39. The number of aromatic hydroxyl groups is 1. The number of phenolic OH excluding ortho intramolecular Hbond substituents is 1. The van der Waals surface area contributed by atoms with Crippen LogP contribution in [0.5, 0.6) is 5.75 Å². The van der Waals surface area contributed by atoms with Gasteiger partial charge >= 0.3 is 0 Å². The molecule has 1 aromatic rings. The van der Waals surface area contributed by atoms with E-state index in [9.17, 15) is 18.3 Å². The first-order chi connectivity index (χ1) is 11.4. The van der Waals surface area contributed by atoms with E-state index >= 15 is 0 Å². The van der Waals surface area contributed by atoms with Crippen LogP contribution < -0.4 is 5.32 Å². The quantitative estimate of drug-likeness (QED) is 0.616. The number of fused-ring (bicyclic) bond motifs is 2. The van der Waals surface area contributed by atoms with Crippen LogP contribution in [-0.2, 0) is 14.6 Å². The van der Waals surface area contributed by atoms with Crippen molar-refractivity contribution >= 4 is 15.7 Å². The molecule has 2 aliphatic carbocycles. The summed E-state index contributed by atoms with van der Waals surface area (Å²) in [6.07, 6.45) is 4.75. The average Bonchev–Trinajstić information content (AvgIpc) is 3.14. The van der Waals surface area contributed by atoms with Crippen LogP contribution in [0.4, 0.5) is 0 Å². The summed E-state index contributed by atoms with van der Waals surface area (Å²) < 4.78 is 25.3. The van der Waals surface area contributed by atoms with Gasteiger partial charge in [-0.3, -0.25) is 4.79 Å². The number of amides is 1. The molecule has 3 rings (SSSR count). The first-order valence-electron chi connectivity index (χ1n) is 7.77. The zero-order valence-electron chi connectivity index (χ0n) is 12.9. The number of phenols is 1. The Morgan fingerprint density at radius 2 is 1.92 bits per heavy atom. The smallest absolute Gasteiger partial charge is 0.224 e. The Morgan fingerprint density at radius 3 is 2.58 bits per heavy atom. The van der Waals surface area contributed by atoms with E-state index in [2.05, 4.69) is 5.32 Å². The zero-order chi connectivity index (χ0) is 17.3. The third-order valence-corrected chi connectivity index (χ3v) is 6.69. The lowest BCUT2D eigenvalue weighted by Gasteiger charge is -2.26. The van der Waals surface area contributed by atoms with E-state index in [1.54, 1.807) is 0 Å². The predicted molar refractivity (Wildman–Crippen MR) is 86.5 cm³/mol. The van der Waals surface area contributed by atoms with Crippen LogP contribution in [0.15, 0.2) is 41.3 Å². The lowest BCUT2D eigenvalue weighted by molar-refractivity contribution is -0.126. The first-order valence-corrected chi connectivity index (χ1v) is 9.42. The van der Waals surface area contributed by atoms with Crippen molar-refractivity contribution in [2.24, 2.45) is 23.7 Å². The van der Waals surface area contributed by atoms with Crippen molar-refractivity contribution in [3.8, 4) is 11.8 Å². The molecule has 1 aromatic carbocycles. The van der Waals surface area contributed by atoms with Gasteiger partial charge in [-0.25, -0.2) is 8.42 Å². The molecule has 1 amide bonds. The van der Waals surface area contributed by atoms with Gasteiger partial charge < -0.3 is 10.4 Å². The van der Waals surface area contributed by atoms with Gasteiger partial charge in [-0.2, -0.15) is 5.26 Å². The van der Waals surface area contributed by atoms with Gasteiger partial charge in [0.2, 0.25) is 5.91 Å². The minimum absolute atomic E-state index is 0.00515. The standard InChI is InChI=1S/C17H18N2O4S/c18-7-8-19-17(21)16-12-2-1-11(9-12)15(16)10-24(22,23)14-5-3-13(20)4-6-14/h1-6,11-12,15-16,20H,8-10H2,(H,19,21)/t11-,12?,15?,16-/m0/s1. The van der Waals surface area contributed by atoms with Gasteiger partial charge in [-0.15, -0.1) is 0 Å². The molecule has 0 heterocycles. The number of carbonyl (C=O) groups excluding carboxylic acids is 1. The number of nitrogens with zero attached hydrogens (tertiary/aromatic N) is 1. The minimum atomic E-state index is -3.56. The van der Waals surface area contributed by atoms with E-state index in [1.165, 1.54) is 24.3 Å². The van der Waals surface area contributed by atoms with Crippen LogP contribution in [0, 0.1) is 35.0 Å². The van der Waals surface area contributed by atoms with Crippen molar-refractivity contribution in [2.45, 2.75) is 11.3 Å². The lowest BCUT2D eigenvalue weighted by atomic mass is 9.83. The summed E-state index contributed by atoms with van der Waals surface area (Å²) in [6, 6.07) is 7.29. The van der Waals surface area contributed by atoms with E-state index in [0.717, 1.165) is 6.42 Å². The highest BCUT2D eigenvalue weighted by atomic mass is 32.2. The zero-order valence-corrected chi connectivity index (χ0v) is 13.7. The number of hydrogen-bond donors (Lipinski definition) is 2. The monoisotopic (exact) mass is 346 g/mol. The van der Waals surface area contributed by atoms with Crippen LogP contribution >= 0.6 is 0 Å². The molecule has 2 aliphatic rings. The third kappa shape index (κ3) is 3.02. The highest BCUT2D eigenvalue weighted by molar-refractivity contribution is 7.91. The maximum absolute atomic E-state index is 12.7.